The van der Waals surface area contributed by atoms with Gasteiger partial charge in [-0.15, -0.1) is 0 Å². The molecule has 5 heteroatoms. The van der Waals surface area contributed by atoms with Crippen LogP contribution in [0.5, 0.6) is 0 Å². The highest BCUT2D eigenvalue weighted by Gasteiger charge is 2.37. The smallest absolute Gasteiger partial charge is 0.220 e. The lowest BCUT2D eigenvalue weighted by atomic mass is 9.84. The van der Waals surface area contributed by atoms with Gasteiger partial charge in [0.15, 0.2) is 0 Å². The van der Waals surface area contributed by atoms with Crippen LogP contribution in [0.2, 0.25) is 0 Å². The van der Waals surface area contributed by atoms with Crippen molar-refractivity contribution in [3.8, 4) is 11.1 Å². The van der Waals surface area contributed by atoms with Crippen molar-refractivity contribution < 1.29 is 9.59 Å². The van der Waals surface area contributed by atoms with E-state index in [1.165, 1.54) is 16.7 Å². The van der Waals surface area contributed by atoms with Crippen LogP contribution in [-0.2, 0) is 22.4 Å². The summed E-state index contributed by atoms with van der Waals surface area (Å²) in [5.41, 5.74) is 4.28. The highest BCUT2D eigenvalue weighted by atomic mass is 16.2. The molecule has 4 rings (SSSR count). The molecule has 0 aliphatic carbocycles. The van der Waals surface area contributed by atoms with Crippen molar-refractivity contribution >= 4 is 11.8 Å². The Morgan fingerprint density at radius 1 is 0.969 bits per heavy atom. The third-order valence-corrected chi connectivity index (χ3v) is 6.13. The van der Waals surface area contributed by atoms with Crippen molar-refractivity contribution in [2.45, 2.75) is 44.1 Å². The van der Waals surface area contributed by atoms with Crippen LogP contribution in [0, 0.1) is 0 Å². The topological polar surface area (TPSA) is 71.1 Å². The first-order valence-electron chi connectivity index (χ1n) is 11.2. The molecule has 3 aromatic rings. The fourth-order valence-corrected chi connectivity index (χ4v) is 4.35. The zero-order valence-corrected chi connectivity index (χ0v) is 18.2. The summed E-state index contributed by atoms with van der Waals surface area (Å²) in [4.78, 5) is 28.6. The first kappa shape index (κ1) is 21.8. The van der Waals surface area contributed by atoms with E-state index < -0.39 is 0 Å². The van der Waals surface area contributed by atoms with Crippen LogP contribution in [0.3, 0.4) is 0 Å². The van der Waals surface area contributed by atoms with Gasteiger partial charge >= 0.3 is 0 Å². The molecule has 2 amide bonds. The first-order chi connectivity index (χ1) is 15.6. The predicted molar refractivity (Wildman–Crippen MR) is 126 cm³/mol. The van der Waals surface area contributed by atoms with E-state index >= 15 is 0 Å². The van der Waals surface area contributed by atoms with Crippen molar-refractivity contribution in [3.05, 3.63) is 90.3 Å². The Morgan fingerprint density at radius 2 is 1.75 bits per heavy atom. The summed E-state index contributed by atoms with van der Waals surface area (Å²) in [5.74, 6) is 0.0942. The highest BCUT2D eigenvalue weighted by molar-refractivity contribution is 5.80. The van der Waals surface area contributed by atoms with Crippen LogP contribution in [0.4, 0.5) is 0 Å². The van der Waals surface area contributed by atoms with Gasteiger partial charge in [-0.1, -0.05) is 60.7 Å². The van der Waals surface area contributed by atoms with Crippen molar-refractivity contribution in [2.75, 3.05) is 6.54 Å². The number of pyridine rings is 1. The van der Waals surface area contributed by atoms with Crippen LogP contribution in [0.1, 0.15) is 36.8 Å². The first-order valence-corrected chi connectivity index (χ1v) is 11.2. The molecule has 1 aromatic heterocycles. The van der Waals surface area contributed by atoms with E-state index in [9.17, 15) is 9.59 Å². The number of aromatic nitrogens is 1. The van der Waals surface area contributed by atoms with Gasteiger partial charge in [-0.2, -0.15) is 0 Å². The monoisotopic (exact) mass is 427 g/mol. The Morgan fingerprint density at radius 3 is 2.44 bits per heavy atom. The number of carbonyl (C=O) groups is 2. The maximum Gasteiger partial charge on any atom is 0.220 e. The minimum absolute atomic E-state index is 0.0221. The summed E-state index contributed by atoms with van der Waals surface area (Å²) in [7, 11) is 0. The number of nitrogens with zero attached hydrogens (tertiary/aromatic N) is 1. The number of hydrogen-bond donors (Lipinski definition) is 2. The molecule has 0 spiro atoms. The van der Waals surface area contributed by atoms with Crippen molar-refractivity contribution in [3.63, 3.8) is 0 Å². The number of benzene rings is 2. The Labute approximate surface area is 189 Å². The molecule has 164 valence electrons. The lowest BCUT2D eigenvalue weighted by molar-refractivity contribution is -0.122. The van der Waals surface area contributed by atoms with E-state index in [0.29, 0.717) is 25.8 Å². The van der Waals surface area contributed by atoms with Crippen molar-refractivity contribution in [2.24, 2.45) is 0 Å². The Hall–Kier alpha value is -3.47. The zero-order valence-electron chi connectivity index (χ0n) is 18.2. The minimum atomic E-state index is -0.355. The summed E-state index contributed by atoms with van der Waals surface area (Å²) in [6.07, 6.45) is 7.37. The predicted octanol–water partition coefficient (Wildman–Crippen LogP) is 4.08. The molecule has 2 aromatic carbocycles. The molecule has 2 heterocycles. The Balaban J connectivity index is 1.33. The SMILES string of the molecule is O=C(CCC1(Cc2ccc(-c3ccccc3)cc2)CCC(=O)N1)NCCc1cccnc1. The van der Waals surface area contributed by atoms with E-state index in [-0.39, 0.29) is 17.4 Å². The van der Waals surface area contributed by atoms with Gasteiger partial charge in [0.1, 0.15) is 0 Å². The van der Waals surface area contributed by atoms with Crippen LogP contribution < -0.4 is 10.6 Å². The molecule has 0 radical (unpaired) electrons. The largest absolute Gasteiger partial charge is 0.356 e. The van der Waals surface area contributed by atoms with Gasteiger partial charge in [0.2, 0.25) is 11.8 Å². The molecule has 1 unspecified atom stereocenters. The van der Waals surface area contributed by atoms with Gasteiger partial charge in [0.25, 0.3) is 0 Å². The van der Waals surface area contributed by atoms with Crippen molar-refractivity contribution in [1.82, 2.24) is 15.6 Å². The minimum Gasteiger partial charge on any atom is -0.356 e. The summed E-state index contributed by atoms with van der Waals surface area (Å²) in [6.45, 7) is 0.588. The van der Waals surface area contributed by atoms with Gasteiger partial charge in [0, 0.05) is 37.3 Å². The van der Waals surface area contributed by atoms with E-state index in [1.54, 1.807) is 6.20 Å². The molecular weight excluding hydrogens is 398 g/mol. The number of amides is 2. The molecule has 1 aliphatic rings. The highest BCUT2D eigenvalue weighted by Crippen LogP contribution is 2.30. The molecular formula is C27H29N3O2. The van der Waals surface area contributed by atoms with Crippen LogP contribution >= 0.6 is 0 Å². The normalized spacial score (nSPS) is 17.7. The van der Waals surface area contributed by atoms with E-state index in [0.717, 1.165) is 24.8 Å². The third kappa shape index (κ3) is 5.82. The van der Waals surface area contributed by atoms with Gasteiger partial charge in [-0.25, -0.2) is 0 Å². The number of nitrogens with one attached hydrogen (secondary N) is 2. The van der Waals surface area contributed by atoms with E-state index in [1.807, 2.05) is 36.5 Å². The van der Waals surface area contributed by atoms with E-state index in [2.05, 4.69) is 52.0 Å². The average molecular weight is 428 g/mol. The average Bonchev–Trinajstić information content (AvgIpc) is 3.20. The van der Waals surface area contributed by atoms with Gasteiger partial charge in [-0.3, -0.25) is 14.6 Å². The maximum absolute atomic E-state index is 12.4. The molecule has 1 fully saturated rings. The standard InChI is InChI=1S/C27H29N3O2/c31-25(29-18-14-22-5-4-17-28-20-22)12-15-27(16-13-26(32)30-27)19-21-8-10-24(11-9-21)23-6-2-1-3-7-23/h1-11,17,20H,12-16,18-19H2,(H,29,31)(H,30,32). The van der Waals surface area contributed by atoms with Crippen LogP contribution in [0.25, 0.3) is 11.1 Å². The number of rotatable bonds is 9. The van der Waals surface area contributed by atoms with Crippen LogP contribution in [0.15, 0.2) is 79.1 Å². The molecule has 1 atom stereocenters. The quantitative estimate of drug-likeness (QED) is 0.541. The molecule has 0 saturated carbocycles. The third-order valence-electron chi connectivity index (χ3n) is 6.13. The lowest BCUT2D eigenvalue weighted by Gasteiger charge is -2.29. The fraction of sp³-hybridized carbons (Fsp3) is 0.296. The fourth-order valence-electron chi connectivity index (χ4n) is 4.35. The number of hydrogen-bond acceptors (Lipinski definition) is 3. The lowest BCUT2D eigenvalue weighted by Crippen LogP contribution is -2.44. The van der Waals surface area contributed by atoms with E-state index in [4.69, 9.17) is 0 Å². The molecule has 32 heavy (non-hydrogen) atoms. The van der Waals surface area contributed by atoms with Crippen molar-refractivity contribution in [1.29, 1.82) is 0 Å². The molecule has 1 aliphatic heterocycles. The second kappa shape index (κ2) is 10.2. The zero-order chi connectivity index (χ0) is 22.2. The number of carbonyl (C=O) groups excluding carboxylic acids is 2. The second-order valence-corrected chi connectivity index (χ2v) is 8.53. The summed E-state index contributed by atoms with van der Waals surface area (Å²) < 4.78 is 0. The summed E-state index contributed by atoms with van der Waals surface area (Å²) >= 11 is 0. The van der Waals surface area contributed by atoms with Crippen LogP contribution in [-0.4, -0.2) is 28.9 Å². The molecule has 1 saturated heterocycles. The Kier molecular flexibility index (Phi) is 6.95. The van der Waals surface area contributed by atoms with Gasteiger partial charge in [-0.05, 0) is 54.0 Å². The second-order valence-electron chi connectivity index (χ2n) is 8.53. The summed E-state index contributed by atoms with van der Waals surface area (Å²) in [6, 6.07) is 22.7. The molecule has 0 bridgehead atoms. The van der Waals surface area contributed by atoms with Gasteiger partial charge < -0.3 is 10.6 Å². The Bertz CT molecular complexity index is 1040. The maximum atomic E-state index is 12.4. The molecule has 5 nitrogen and oxygen atoms in total. The molecule has 2 N–H and O–H groups in total. The van der Waals surface area contributed by atoms with Gasteiger partial charge in [0.05, 0.1) is 0 Å². The summed E-state index contributed by atoms with van der Waals surface area (Å²) in [5, 5.41) is 6.17.